The van der Waals surface area contributed by atoms with Crippen molar-refractivity contribution in [2.45, 2.75) is 24.4 Å². The van der Waals surface area contributed by atoms with E-state index in [1.807, 2.05) is 0 Å². The Morgan fingerprint density at radius 3 is 2.88 bits per heavy atom. The normalized spacial score (nSPS) is 11.8. The van der Waals surface area contributed by atoms with Gasteiger partial charge in [-0.25, -0.2) is 0 Å². The van der Waals surface area contributed by atoms with Crippen LogP contribution >= 0.6 is 23.4 Å². The van der Waals surface area contributed by atoms with Gasteiger partial charge in [-0.2, -0.15) is 10.3 Å². The van der Waals surface area contributed by atoms with E-state index < -0.39 is 12.0 Å². The number of esters is 1. The maximum atomic E-state index is 12.2. The van der Waals surface area contributed by atoms with E-state index in [1.54, 1.807) is 31.2 Å². The van der Waals surface area contributed by atoms with Crippen molar-refractivity contribution < 1.29 is 14.3 Å². The Bertz CT molecular complexity index is 681. The first kappa shape index (κ1) is 18.3. The highest BCUT2D eigenvalue weighted by Gasteiger charge is 2.21. The van der Waals surface area contributed by atoms with Crippen LogP contribution in [-0.4, -0.2) is 39.6 Å². The number of ether oxygens (including phenoxy) is 1. The molecule has 1 heterocycles. The monoisotopic (exact) mass is 368 g/mol. The molecule has 0 aliphatic rings. The summed E-state index contributed by atoms with van der Waals surface area (Å²) in [7, 11) is 0. The van der Waals surface area contributed by atoms with Crippen LogP contribution in [0.2, 0.25) is 5.02 Å². The highest BCUT2D eigenvalue weighted by atomic mass is 35.5. The molecular formula is C15H17ClN4O3S. The van der Waals surface area contributed by atoms with Crippen molar-refractivity contribution in [3.05, 3.63) is 41.0 Å². The molecule has 0 unspecified atom stereocenters. The third-order valence-corrected chi connectivity index (χ3v) is 4.28. The maximum Gasteiger partial charge on any atom is 0.308 e. The summed E-state index contributed by atoms with van der Waals surface area (Å²) in [6.45, 7) is 2.01. The number of aromatic nitrogens is 3. The average Bonchev–Trinajstić information content (AvgIpc) is 3.06. The lowest BCUT2D eigenvalue weighted by atomic mass is 10.0. The van der Waals surface area contributed by atoms with Gasteiger partial charge in [0.15, 0.2) is 0 Å². The van der Waals surface area contributed by atoms with E-state index in [2.05, 4.69) is 20.7 Å². The lowest BCUT2D eigenvalue weighted by Crippen LogP contribution is -2.32. The number of benzene rings is 1. The van der Waals surface area contributed by atoms with Gasteiger partial charge in [-0.1, -0.05) is 41.6 Å². The van der Waals surface area contributed by atoms with Crippen LogP contribution in [-0.2, 0) is 14.3 Å². The fourth-order valence-corrected chi connectivity index (χ4v) is 2.88. The standard InChI is InChI=1S/C15H17ClN4O3S/c1-2-23-15(22)7-12(10-5-3-4-6-11(10)16)18-13(21)9-24-14-8-17-20-19-14/h3-6,8,12H,2,7,9H2,1H3,(H,18,21)(H,17,19,20)/t12-/m1/s1. The third-order valence-electron chi connectivity index (χ3n) is 3.04. The minimum atomic E-state index is -0.553. The van der Waals surface area contributed by atoms with Gasteiger partial charge >= 0.3 is 5.97 Å². The quantitative estimate of drug-likeness (QED) is 0.548. The molecule has 0 aliphatic heterocycles. The number of nitrogens with one attached hydrogen (secondary N) is 2. The molecule has 1 aromatic heterocycles. The summed E-state index contributed by atoms with van der Waals surface area (Å²) in [5.74, 6) is -0.486. The molecule has 0 aliphatic carbocycles. The minimum Gasteiger partial charge on any atom is -0.466 e. The van der Waals surface area contributed by atoms with Crippen LogP contribution in [0.25, 0.3) is 0 Å². The Morgan fingerprint density at radius 2 is 2.21 bits per heavy atom. The van der Waals surface area contributed by atoms with E-state index in [0.717, 1.165) is 0 Å². The number of H-pyrrole nitrogens is 1. The number of carbonyl (C=O) groups excluding carboxylic acids is 2. The number of halogens is 1. The van der Waals surface area contributed by atoms with Gasteiger partial charge in [0.05, 0.1) is 31.0 Å². The van der Waals surface area contributed by atoms with Crippen LogP contribution in [0, 0.1) is 0 Å². The van der Waals surface area contributed by atoms with Gasteiger partial charge in [0.25, 0.3) is 0 Å². The van der Waals surface area contributed by atoms with Gasteiger partial charge in [0, 0.05) is 5.02 Å². The van der Waals surface area contributed by atoms with Crippen molar-refractivity contribution in [1.82, 2.24) is 20.7 Å². The van der Waals surface area contributed by atoms with Gasteiger partial charge in [0.1, 0.15) is 5.03 Å². The first-order valence-corrected chi connectivity index (χ1v) is 8.64. The summed E-state index contributed by atoms with van der Waals surface area (Å²) in [5, 5.41) is 13.9. The number of hydrogen-bond donors (Lipinski definition) is 2. The Labute approximate surface area is 148 Å². The molecule has 0 fully saturated rings. The van der Waals surface area contributed by atoms with Crippen LogP contribution in [0.3, 0.4) is 0 Å². The Kier molecular flexibility index (Phi) is 7.07. The SMILES string of the molecule is CCOC(=O)C[C@@H](NC(=O)CSc1cn[nH]n1)c1ccccc1Cl. The number of carbonyl (C=O) groups is 2. The van der Waals surface area contributed by atoms with Crippen molar-refractivity contribution in [3.8, 4) is 0 Å². The third kappa shape index (κ3) is 5.54. The molecular weight excluding hydrogens is 352 g/mol. The van der Waals surface area contributed by atoms with Crippen LogP contribution < -0.4 is 5.32 Å². The molecule has 9 heteroatoms. The summed E-state index contributed by atoms with van der Waals surface area (Å²) in [4.78, 5) is 24.0. The first-order valence-electron chi connectivity index (χ1n) is 7.28. The summed E-state index contributed by atoms with van der Waals surface area (Å²) >= 11 is 7.43. The van der Waals surface area contributed by atoms with Crippen LogP contribution in [0.5, 0.6) is 0 Å². The van der Waals surface area contributed by atoms with E-state index >= 15 is 0 Å². The molecule has 2 N–H and O–H groups in total. The molecule has 7 nitrogen and oxygen atoms in total. The van der Waals surface area contributed by atoms with E-state index in [9.17, 15) is 9.59 Å². The predicted octanol–water partition coefficient (Wildman–Crippen LogP) is 2.36. The molecule has 0 radical (unpaired) electrons. The van der Waals surface area contributed by atoms with E-state index in [1.165, 1.54) is 18.0 Å². The summed E-state index contributed by atoms with van der Waals surface area (Å²) < 4.78 is 4.97. The largest absolute Gasteiger partial charge is 0.466 e. The molecule has 1 atom stereocenters. The fourth-order valence-electron chi connectivity index (χ4n) is 2.02. The number of rotatable bonds is 8. The topological polar surface area (TPSA) is 97.0 Å². The lowest BCUT2D eigenvalue weighted by Gasteiger charge is -2.19. The summed E-state index contributed by atoms with van der Waals surface area (Å²) in [5.41, 5.74) is 0.673. The molecule has 0 saturated carbocycles. The minimum absolute atomic E-state index is 0.0118. The molecule has 0 saturated heterocycles. The highest BCUT2D eigenvalue weighted by molar-refractivity contribution is 7.99. The summed E-state index contributed by atoms with van der Waals surface area (Å²) in [6, 6.07) is 6.52. The first-order chi connectivity index (χ1) is 11.6. The van der Waals surface area contributed by atoms with Crippen LogP contribution in [0.15, 0.2) is 35.5 Å². The van der Waals surface area contributed by atoms with Crippen molar-refractivity contribution in [1.29, 1.82) is 0 Å². The Hall–Kier alpha value is -2.06. The Balaban J connectivity index is 2.03. The second-order valence-electron chi connectivity index (χ2n) is 4.75. The number of thioether (sulfide) groups is 1. The van der Waals surface area contributed by atoms with Crippen molar-refractivity contribution in [2.75, 3.05) is 12.4 Å². The van der Waals surface area contributed by atoms with Crippen LogP contribution in [0.1, 0.15) is 24.9 Å². The van der Waals surface area contributed by atoms with Gasteiger partial charge < -0.3 is 10.1 Å². The zero-order valence-electron chi connectivity index (χ0n) is 13.0. The second-order valence-corrected chi connectivity index (χ2v) is 6.15. The molecule has 0 spiro atoms. The Morgan fingerprint density at radius 1 is 1.42 bits per heavy atom. The van der Waals surface area contributed by atoms with Crippen molar-refractivity contribution >= 4 is 35.2 Å². The van der Waals surface area contributed by atoms with Crippen molar-refractivity contribution in [3.63, 3.8) is 0 Å². The fraction of sp³-hybridized carbons (Fsp3) is 0.333. The van der Waals surface area contributed by atoms with E-state index in [-0.39, 0.29) is 24.7 Å². The number of hydrogen-bond acceptors (Lipinski definition) is 6. The molecule has 2 aromatic rings. The molecule has 1 aromatic carbocycles. The lowest BCUT2D eigenvalue weighted by molar-refractivity contribution is -0.143. The van der Waals surface area contributed by atoms with Gasteiger partial charge in [0.2, 0.25) is 5.91 Å². The smallest absolute Gasteiger partial charge is 0.308 e. The zero-order valence-corrected chi connectivity index (χ0v) is 14.6. The van der Waals surface area contributed by atoms with E-state index in [4.69, 9.17) is 16.3 Å². The maximum absolute atomic E-state index is 12.2. The van der Waals surface area contributed by atoms with Crippen LogP contribution in [0.4, 0.5) is 0 Å². The second kappa shape index (κ2) is 9.29. The zero-order chi connectivity index (χ0) is 17.4. The predicted molar refractivity (Wildman–Crippen MR) is 90.7 cm³/mol. The van der Waals surface area contributed by atoms with Gasteiger partial charge in [-0.05, 0) is 18.6 Å². The number of nitrogens with zero attached hydrogens (tertiary/aromatic N) is 2. The van der Waals surface area contributed by atoms with Gasteiger partial charge in [-0.3, -0.25) is 9.59 Å². The van der Waals surface area contributed by atoms with Gasteiger partial charge in [-0.15, -0.1) is 5.10 Å². The molecule has 24 heavy (non-hydrogen) atoms. The molecule has 1 amide bonds. The number of amides is 1. The average molecular weight is 369 g/mol. The number of aromatic amines is 1. The van der Waals surface area contributed by atoms with E-state index in [0.29, 0.717) is 15.6 Å². The molecule has 2 rings (SSSR count). The van der Waals surface area contributed by atoms with Crippen molar-refractivity contribution in [2.24, 2.45) is 0 Å². The molecule has 128 valence electrons. The molecule has 0 bridgehead atoms. The summed E-state index contributed by atoms with van der Waals surface area (Å²) in [6.07, 6.45) is 1.54. The highest BCUT2D eigenvalue weighted by Crippen LogP contribution is 2.26.